The molecule has 1 aromatic rings. The van der Waals surface area contributed by atoms with E-state index >= 15 is 0 Å². The average molecular weight is 254 g/mol. The van der Waals surface area contributed by atoms with Crippen LogP contribution in [0.2, 0.25) is 0 Å². The molecule has 0 aromatic carbocycles. The molecule has 18 heavy (non-hydrogen) atoms. The Labute approximate surface area is 106 Å². The average Bonchev–Trinajstić information content (AvgIpc) is 2.86. The van der Waals surface area contributed by atoms with E-state index in [1.54, 1.807) is 6.07 Å². The van der Waals surface area contributed by atoms with Crippen molar-refractivity contribution >= 4 is 5.91 Å². The van der Waals surface area contributed by atoms with Crippen molar-refractivity contribution in [2.75, 3.05) is 26.4 Å². The zero-order valence-corrected chi connectivity index (χ0v) is 10.5. The first-order valence-corrected chi connectivity index (χ1v) is 6.22. The fourth-order valence-corrected chi connectivity index (χ4v) is 1.74. The predicted molar refractivity (Wildman–Crippen MR) is 63.4 cm³/mol. The van der Waals surface area contributed by atoms with Crippen molar-refractivity contribution in [3.8, 4) is 0 Å². The van der Waals surface area contributed by atoms with E-state index in [9.17, 15) is 4.79 Å². The molecule has 0 saturated carbocycles. The summed E-state index contributed by atoms with van der Waals surface area (Å²) < 4.78 is 15.7. The number of hydrogen-bond acceptors (Lipinski definition) is 5. The number of nitrogens with zero attached hydrogens (tertiary/aromatic N) is 1. The SMILES string of the molecule is CCCc1cc(C(=O)NCC2COCCO2)no1. The molecule has 2 heterocycles. The van der Waals surface area contributed by atoms with Crippen molar-refractivity contribution in [3.05, 3.63) is 17.5 Å². The minimum Gasteiger partial charge on any atom is -0.376 e. The van der Waals surface area contributed by atoms with E-state index in [1.807, 2.05) is 6.92 Å². The van der Waals surface area contributed by atoms with Crippen molar-refractivity contribution in [1.82, 2.24) is 10.5 Å². The third-order valence-corrected chi connectivity index (χ3v) is 2.66. The molecule has 100 valence electrons. The molecule has 1 amide bonds. The quantitative estimate of drug-likeness (QED) is 0.840. The van der Waals surface area contributed by atoms with Gasteiger partial charge in [-0.15, -0.1) is 0 Å². The van der Waals surface area contributed by atoms with Gasteiger partial charge in [0.25, 0.3) is 5.91 Å². The van der Waals surface area contributed by atoms with Crippen LogP contribution >= 0.6 is 0 Å². The van der Waals surface area contributed by atoms with E-state index < -0.39 is 0 Å². The van der Waals surface area contributed by atoms with E-state index in [4.69, 9.17) is 14.0 Å². The summed E-state index contributed by atoms with van der Waals surface area (Å²) in [6.07, 6.45) is 1.67. The van der Waals surface area contributed by atoms with Crippen LogP contribution < -0.4 is 5.32 Å². The Hall–Kier alpha value is -1.40. The molecule has 0 radical (unpaired) electrons. The normalized spacial score (nSPS) is 19.7. The van der Waals surface area contributed by atoms with Crippen molar-refractivity contribution in [2.24, 2.45) is 0 Å². The van der Waals surface area contributed by atoms with Crippen molar-refractivity contribution in [3.63, 3.8) is 0 Å². The highest BCUT2D eigenvalue weighted by atomic mass is 16.6. The van der Waals surface area contributed by atoms with Crippen LogP contribution in [0.1, 0.15) is 29.6 Å². The molecule has 2 rings (SSSR count). The molecule has 1 aliphatic rings. The largest absolute Gasteiger partial charge is 0.376 e. The van der Waals surface area contributed by atoms with Gasteiger partial charge >= 0.3 is 0 Å². The van der Waals surface area contributed by atoms with Crippen molar-refractivity contribution in [2.45, 2.75) is 25.9 Å². The van der Waals surface area contributed by atoms with Crippen LogP contribution in [0, 0.1) is 0 Å². The number of aromatic nitrogens is 1. The van der Waals surface area contributed by atoms with Gasteiger partial charge in [-0.2, -0.15) is 0 Å². The van der Waals surface area contributed by atoms with Crippen molar-refractivity contribution in [1.29, 1.82) is 0 Å². The van der Waals surface area contributed by atoms with Crippen LogP contribution in [0.4, 0.5) is 0 Å². The first kappa shape index (κ1) is 13.0. The lowest BCUT2D eigenvalue weighted by Gasteiger charge is -2.22. The van der Waals surface area contributed by atoms with Gasteiger partial charge in [-0.3, -0.25) is 4.79 Å². The third kappa shape index (κ3) is 3.54. The molecular weight excluding hydrogens is 236 g/mol. The second-order valence-corrected chi connectivity index (χ2v) is 4.21. The number of carbonyl (C=O) groups is 1. The molecule has 6 heteroatoms. The van der Waals surface area contributed by atoms with Crippen LogP contribution in [0.15, 0.2) is 10.6 Å². The molecule has 0 bridgehead atoms. The minimum absolute atomic E-state index is 0.0790. The van der Waals surface area contributed by atoms with Gasteiger partial charge in [0.1, 0.15) is 5.76 Å². The summed E-state index contributed by atoms with van der Waals surface area (Å²) in [5, 5.41) is 6.50. The smallest absolute Gasteiger partial charge is 0.273 e. The summed E-state index contributed by atoms with van der Waals surface area (Å²) >= 11 is 0. The molecule has 0 aliphatic carbocycles. The van der Waals surface area contributed by atoms with E-state index in [0.717, 1.165) is 18.6 Å². The number of hydrogen-bond donors (Lipinski definition) is 1. The number of aryl methyl sites for hydroxylation is 1. The highest BCUT2D eigenvalue weighted by molar-refractivity contribution is 5.92. The molecule has 1 N–H and O–H groups in total. The second-order valence-electron chi connectivity index (χ2n) is 4.21. The maximum Gasteiger partial charge on any atom is 0.273 e. The van der Waals surface area contributed by atoms with Gasteiger partial charge in [-0.05, 0) is 6.42 Å². The molecule has 1 fully saturated rings. The maximum atomic E-state index is 11.8. The van der Waals surface area contributed by atoms with Gasteiger partial charge in [-0.25, -0.2) is 0 Å². The summed E-state index contributed by atoms with van der Waals surface area (Å²) in [5.74, 6) is 0.496. The molecular formula is C12H18N2O4. The van der Waals surface area contributed by atoms with Crippen LogP contribution in [0.5, 0.6) is 0 Å². The Morgan fingerprint density at radius 2 is 2.44 bits per heavy atom. The molecule has 1 atom stereocenters. The standard InChI is InChI=1S/C12H18N2O4/c1-2-3-9-6-11(14-18-9)12(15)13-7-10-8-16-4-5-17-10/h6,10H,2-5,7-8H2,1H3,(H,13,15). The molecule has 1 unspecified atom stereocenters. The van der Waals surface area contributed by atoms with E-state index in [2.05, 4.69) is 10.5 Å². The van der Waals surface area contributed by atoms with Gasteiger partial charge < -0.3 is 19.3 Å². The first-order valence-electron chi connectivity index (χ1n) is 6.22. The van der Waals surface area contributed by atoms with Gasteiger partial charge in [0.15, 0.2) is 5.69 Å². The van der Waals surface area contributed by atoms with Gasteiger partial charge in [0.2, 0.25) is 0 Å². The Morgan fingerprint density at radius 1 is 1.56 bits per heavy atom. The van der Waals surface area contributed by atoms with Crippen molar-refractivity contribution < 1.29 is 18.8 Å². The monoisotopic (exact) mass is 254 g/mol. The lowest BCUT2D eigenvalue weighted by Crippen LogP contribution is -2.39. The fraction of sp³-hybridized carbons (Fsp3) is 0.667. The zero-order valence-electron chi connectivity index (χ0n) is 10.5. The minimum atomic E-state index is -0.240. The highest BCUT2D eigenvalue weighted by Crippen LogP contribution is 2.06. The number of carbonyl (C=O) groups excluding carboxylic acids is 1. The summed E-state index contributed by atoms with van der Waals surface area (Å²) in [5.41, 5.74) is 0.315. The lowest BCUT2D eigenvalue weighted by atomic mass is 10.2. The first-order chi connectivity index (χ1) is 8.79. The zero-order chi connectivity index (χ0) is 12.8. The summed E-state index contributed by atoms with van der Waals surface area (Å²) in [4.78, 5) is 11.8. The van der Waals surface area contributed by atoms with E-state index in [-0.39, 0.29) is 12.0 Å². The van der Waals surface area contributed by atoms with Gasteiger partial charge in [0, 0.05) is 19.0 Å². The third-order valence-electron chi connectivity index (χ3n) is 2.66. The molecule has 1 aromatic heterocycles. The van der Waals surface area contributed by atoms with Crippen LogP contribution in [-0.2, 0) is 15.9 Å². The topological polar surface area (TPSA) is 73.6 Å². The summed E-state index contributed by atoms with van der Waals surface area (Å²) in [7, 11) is 0. The molecule has 0 spiro atoms. The molecule has 6 nitrogen and oxygen atoms in total. The second kappa shape index (κ2) is 6.51. The van der Waals surface area contributed by atoms with Crippen LogP contribution in [0.25, 0.3) is 0 Å². The van der Waals surface area contributed by atoms with Gasteiger partial charge in [0.05, 0.1) is 25.9 Å². The number of amides is 1. The summed E-state index contributed by atoms with van der Waals surface area (Å²) in [6.45, 7) is 4.18. The number of nitrogens with one attached hydrogen (secondary N) is 1. The molecule has 1 saturated heterocycles. The maximum absolute atomic E-state index is 11.8. The molecule has 1 aliphatic heterocycles. The number of rotatable bonds is 5. The Bertz CT molecular complexity index is 385. The predicted octanol–water partition coefficient (Wildman–Crippen LogP) is 0.772. The highest BCUT2D eigenvalue weighted by Gasteiger charge is 2.17. The lowest BCUT2D eigenvalue weighted by molar-refractivity contribution is -0.0855. The van der Waals surface area contributed by atoms with Crippen LogP contribution in [0.3, 0.4) is 0 Å². The van der Waals surface area contributed by atoms with Gasteiger partial charge in [-0.1, -0.05) is 12.1 Å². The Kier molecular flexibility index (Phi) is 4.72. The Morgan fingerprint density at radius 3 is 3.17 bits per heavy atom. The Balaban J connectivity index is 1.79. The van der Waals surface area contributed by atoms with E-state index in [0.29, 0.717) is 32.1 Å². The van der Waals surface area contributed by atoms with Crippen LogP contribution in [-0.4, -0.2) is 43.5 Å². The number of ether oxygens (including phenoxy) is 2. The fourth-order valence-electron chi connectivity index (χ4n) is 1.74. The summed E-state index contributed by atoms with van der Waals surface area (Å²) in [6, 6.07) is 1.68. The van der Waals surface area contributed by atoms with E-state index in [1.165, 1.54) is 0 Å².